The zero-order chi connectivity index (χ0) is 45.2. The normalized spacial score (nSPS) is 15.2. The number of aliphatic imine (C=N–C) groups is 2. The number of anilines is 2. The summed E-state index contributed by atoms with van der Waals surface area (Å²) >= 11 is 12.2. The van der Waals surface area contributed by atoms with E-state index in [9.17, 15) is 9.59 Å². The van der Waals surface area contributed by atoms with Gasteiger partial charge in [-0.1, -0.05) is 54.4 Å². The van der Waals surface area contributed by atoms with Crippen molar-refractivity contribution in [3.63, 3.8) is 0 Å². The van der Waals surface area contributed by atoms with Gasteiger partial charge < -0.3 is 25.0 Å². The second-order valence-corrected chi connectivity index (χ2v) is 14.7. The molecule has 0 aliphatic carbocycles. The molecule has 2 amide bonds. The fourth-order valence-electron chi connectivity index (χ4n) is 6.74. The van der Waals surface area contributed by atoms with Gasteiger partial charge in [0.25, 0.3) is 0 Å². The average Bonchev–Trinajstić information content (AvgIpc) is 3.51. The molecule has 2 aliphatic rings. The predicted octanol–water partition coefficient (Wildman–Crippen LogP) is 8.10. The van der Waals surface area contributed by atoms with E-state index >= 15 is 0 Å². The number of benzodiazepines with no additional fused rings is 2. The fraction of sp³-hybridized carbons (Fsp3) is 0.304. The quantitative estimate of drug-likeness (QED) is 0.0327. The molecule has 4 aromatic rings. The van der Waals surface area contributed by atoms with Crippen LogP contribution in [-0.4, -0.2) is 101 Å². The third-order valence-electron chi connectivity index (χ3n) is 9.72. The molecule has 4 N–H and O–H groups in total. The molecule has 0 bridgehead atoms. The van der Waals surface area contributed by atoms with Crippen molar-refractivity contribution >= 4 is 83.4 Å². The minimum Gasteiger partial charge on any atom is -0.497 e. The van der Waals surface area contributed by atoms with E-state index in [-0.39, 0.29) is 36.6 Å². The summed E-state index contributed by atoms with van der Waals surface area (Å²) in [6, 6.07) is 26.1. The molecule has 2 heterocycles. The maximum absolute atomic E-state index is 12.4. The molecule has 2 atom stereocenters. The van der Waals surface area contributed by atoms with Crippen molar-refractivity contribution in [3.05, 3.63) is 117 Å². The van der Waals surface area contributed by atoms with Gasteiger partial charge in [0.15, 0.2) is 0 Å². The topological polar surface area (TPSA) is 180 Å². The third kappa shape index (κ3) is 12.8. The minimum absolute atomic E-state index is 0.0255. The number of carbonyl (C=O) groups is 2. The lowest BCUT2D eigenvalue weighted by molar-refractivity contribution is -0.121. The summed E-state index contributed by atoms with van der Waals surface area (Å²) in [6.45, 7) is 16.8. The van der Waals surface area contributed by atoms with Gasteiger partial charge >= 0.3 is 0 Å². The van der Waals surface area contributed by atoms with Gasteiger partial charge in [-0.3, -0.25) is 35.3 Å². The van der Waals surface area contributed by atoms with E-state index in [1.54, 1.807) is 44.4 Å². The molecule has 0 fully saturated rings. The number of amides is 2. The van der Waals surface area contributed by atoms with Crippen molar-refractivity contribution in [1.29, 1.82) is 10.8 Å². The lowest BCUT2D eigenvalue weighted by Gasteiger charge is -2.26. The summed E-state index contributed by atoms with van der Waals surface area (Å²) < 4.78 is 11.2. The van der Waals surface area contributed by atoms with Crippen molar-refractivity contribution in [2.45, 2.75) is 52.6 Å². The van der Waals surface area contributed by atoms with Gasteiger partial charge in [-0.2, -0.15) is 10.2 Å². The molecule has 0 aromatic heterocycles. The van der Waals surface area contributed by atoms with Gasteiger partial charge in [0.05, 0.1) is 43.2 Å². The molecular weight excluding hydrogens is 827 g/mol. The SMILES string of the molecule is C=NN=C.CCNC(=O)C[C@@H]1N=C(c2ccc(Cl)cc2)c2cc(OCCNC=O)ccc2N(C(C)=N)C1=N.CC[C@H]1CN(CC)c2ccc(OC)cc2C(c2ccc(Cl)cc2)=N1. The number of hydrogen-bond donors (Lipinski definition) is 4. The van der Waals surface area contributed by atoms with Crippen LogP contribution in [0.3, 0.4) is 0 Å². The Morgan fingerprint density at radius 3 is 1.98 bits per heavy atom. The van der Waals surface area contributed by atoms with Crippen LogP contribution in [0.15, 0.2) is 105 Å². The lowest BCUT2D eigenvalue weighted by Crippen LogP contribution is -2.42. The van der Waals surface area contributed by atoms with Gasteiger partial charge in [-0.25, -0.2) is 0 Å². The zero-order valence-corrected chi connectivity index (χ0v) is 37.3. The monoisotopic (exact) mass is 880 g/mol. The van der Waals surface area contributed by atoms with Crippen LogP contribution in [0.4, 0.5) is 11.4 Å². The summed E-state index contributed by atoms with van der Waals surface area (Å²) in [6.07, 6.45) is 1.60. The highest BCUT2D eigenvalue weighted by atomic mass is 35.5. The highest BCUT2D eigenvalue weighted by Gasteiger charge is 2.32. The number of methoxy groups -OCH3 is 1. The molecule has 326 valence electrons. The standard InChI is InChI=1S/C24H27ClN6O3.C20H23ClN2O.C2H4N2/c1-3-29-22(33)13-20-24(27)31(15(2)26)21-9-8-18(34-11-10-28-14-32)12-19(21)23(30-20)16-4-6-17(25)7-5-16;1-4-16-13-23(5-2)19-11-10-17(24-3)12-18(19)20(22-16)14-6-8-15(21)9-7-14;1-3-4-2/h4-9,12,14,20,26-27H,3,10-11,13H2,1-2H3,(H,28,32)(H,29,33);6-12,16H,4-5,13H2,1-3H3;1-2H2/t20-;16-;/m00./s1. The fourth-order valence-corrected chi connectivity index (χ4v) is 6.99. The number of halogens is 2. The van der Waals surface area contributed by atoms with Crippen molar-refractivity contribution in [2.75, 3.05) is 49.7 Å². The van der Waals surface area contributed by atoms with Crippen LogP contribution in [0.5, 0.6) is 11.5 Å². The van der Waals surface area contributed by atoms with E-state index in [0.29, 0.717) is 47.2 Å². The Labute approximate surface area is 373 Å². The van der Waals surface area contributed by atoms with Crippen LogP contribution in [0.25, 0.3) is 0 Å². The maximum atomic E-state index is 12.4. The van der Waals surface area contributed by atoms with Gasteiger partial charge in [0, 0.05) is 71.1 Å². The highest BCUT2D eigenvalue weighted by molar-refractivity contribution is 6.31. The van der Waals surface area contributed by atoms with Crippen molar-refractivity contribution in [1.82, 2.24) is 10.6 Å². The number of benzene rings is 4. The summed E-state index contributed by atoms with van der Waals surface area (Å²) in [4.78, 5) is 36.7. The second kappa shape index (κ2) is 24.2. The molecule has 0 saturated heterocycles. The molecular formula is C46H54Cl2N10O4. The Balaban J connectivity index is 0.000000263. The van der Waals surface area contributed by atoms with Crippen LogP contribution >= 0.6 is 23.2 Å². The first kappa shape index (κ1) is 48.3. The highest BCUT2D eigenvalue weighted by Crippen LogP contribution is 2.34. The van der Waals surface area contributed by atoms with Crippen LogP contribution < -0.4 is 29.9 Å². The first-order chi connectivity index (χ1) is 29.9. The van der Waals surface area contributed by atoms with Gasteiger partial charge in [0.2, 0.25) is 12.3 Å². The summed E-state index contributed by atoms with van der Waals surface area (Å²) in [5.41, 5.74) is 6.99. The molecule has 2 aliphatic heterocycles. The van der Waals surface area contributed by atoms with Crippen LogP contribution in [0, 0.1) is 10.8 Å². The molecule has 0 unspecified atom stereocenters. The molecule has 6 rings (SSSR count). The first-order valence-electron chi connectivity index (χ1n) is 20.1. The Morgan fingerprint density at radius 2 is 1.45 bits per heavy atom. The van der Waals surface area contributed by atoms with Gasteiger partial charge in [-0.15, -0.1) is 0 Å². The number of nitrogens with zero attached hydrogens (tertiary/aromatic N) is 6. The zero-order valence-electron chi connectivity index (χ0n) is 35.8. The van der Waals surface area contributed by atoms with Gasteiger partial charge in [0.1, 0.15) is 35.8 Å². The van der Waals surface area contributed by atoms with Crippen LogP contribution in [0.2, 0.25) is 10.0 Å². The Hall–Kier alpha value is -6.38. The molecule has 0 radical (unpaired) electrons. The van der Waals surface area contributed by atoms with E-state index in [2.05, 4.69) is 65.2 Å². The number of rotatable bonds is 14. The van der Waals surface area contributed by atoms with Gasteiger partial charge in [-0.05, 0) is 87.9 Å². The number of amidine groups is 2. The van der Waals surface area contributed by atoms with E-state index < -0.39 is 6.04 Å². The molecule has 0 saturated carbocycles. The average molecular weight is 882 g/mol. The van der Waals surface area contributed by atoms with Crippen molar-refractivity contribution < 1.29 is 19.1 Å². The summed E-state index contributed by atoms with van der Waals surface area (Å²) in [5.74, 6) is 1.33. The number of nitrogens with one attached hydrogen (secondary N) is 4. The first-order valence-corrected chi connectivity index (χ1v) is 20.9. The van der Waals surface area contributed by atoms with E-state index in [1.807, 2.05) is 49.4 Å². The largest absolute Gasteiger partial charge is 0.497 e. The third-order valence-corrected chi connectivity index (χ3v) is 10.2. The number of ether oxygens (including phenoxy) is 2. The predicted molar refractivity (Wildman–Crippen MR) is 255 cm³/mol. The smallest absolute Gasteiger partial charge is 0.222 e. The van der Waals surface area contributed by atoms with Crippen molar-refractivity contribution in [3.8, 4) is 11.5 Å². The van der Waals surface area contributed by atoms with E-state index in [4.69, 9.17) is 53.5 Å². The van der Waals surface area contributed by atoms with E-state index in [1.165, 1.54) is 10.6 Å². The molecule has 4 aromatic carbocycles. The minimum atomic E-state index is -0.800. The summed E-state index contributed by atoms with van der Waals surface area (Å²) in [5, 5.41) is 29.8. The molecule has 0 spiro atoms. The van der Waals surface area contributed by atoms with Crippen LogP contribution in [-0.2, 0) is 9.59 Å². The van der Waals surface area contributed by atoms with Crippen molar-refractivity contribution in [2.24, 2.45) is 20.2 Å². The Morgan fingerprint density at radius 1 is 0.887 bits per heavy atom. The maximum Gasteiger partial charge on any atom is 0.222 e. The number of likely N-dealkylation sites (N-methyl/N-ethyl adjacent to an activating group) is 1. The second-order valence-electron chi connectivity index (χ2n) is 13.8. The lowest BCUT2D eigenvalue weighted by atomic mass is 9.99. The number of hydrogen-bond acceptors (Lipinski definition) is 11. The van der Waals surface area contributed by atoms with E-state index in [0.717, 1.165) is 52.7 Å². The number of fused-ring (bicyclic) bond motifs is 2. The Kier molecular flexibility index (Phi) is 18.8. The molecule has 62 heavy (non-hydrogen) atoms. The molecule has 14 nitrogen and oxygen atoms in total. The Bertz CT molecular complexity index is 2260. The summed E-state index contributed by atoms with van der Waals surface area (Å²) in [7, 11) is 1.70. The van der Waals surface area contributed by atoms with Crippen LogP contribution in [0.1, 0.15) is 62.8 Å². The number of carbonyl (C=O) groups excluding carboxylic acids is 2. The molecule has 16 heteroatoms.